The Hall–Kier alpha value is -3.60. The van der Waals surface area contributed by atoms with Gasteiger partial charge in [0.15, 0.2) is 0 Å². The van der Waals surface area contributed by atoms with Gasteiger partial charge in [0.1, 0.15) is 28.0 Å². The van der Waals surface area contributed by atoms with Crippen LogP contribution in [0.15, 0.2) is 54.1 Å². The lowest BCUT2D eigenvalue weighted by Gasteiger charge is -2.09. The summed E-state index contributed by atoms with van der Waals surface area (Å²) in [5.74, 6) is -0.440. The van der Waals surface area contributed by atoms with Crippen LogP contribution in [0, 0.1) is 18.3 Å². The van der Waals surface area contributed by atoms with Crippen LogP contribution >= 0.6 is 22.9 Å². The van der Waals surface area contributed by atoms with Crippen LogP contribution in [0.25, 0.3) is 17.2 Å². The van der Waals surface area contributed by atoms with Gasteiger partial charge in [-0.15, -0.1) is 11.3 Å². The fourth-order valence-electron chi connectivity index (χ4n) is 3.48. The monoisotopic (exact) mass is 522 g/mol. The predicted molar refractivity (Wildman–Crippen MR) is 145 cm³/mol. The quantitative estimate of drug-likeness (QED) is 0.131. The highest BCUT2D eigenvalue weighted by atomic mass is 35.5. The molecule has 0 aliphatic heterocycles. The Balaban J connectivity index is 1.89. The number of rotatable bonds is 10. The van der Waals surface area contributed by atoms with E-state index in [2.05, 4.69) is 12.2 Å². The Kier molecular flexibility index (Phi) is 9.69. The van der Waals surface area contributed by atoms with Crippen molar-refractivity contribution in [2.45, 2.75) is 33.6 Å². The van der Waals surface area contributed by atoms with Gasteiger partial charge in [-0.25, -0.2) is 4.79 Å². The first-order chi connectivity index (χ1) is 17.4. The summed E-state index contributed by atoms with van der Waals surface area (Å²) in [5.41, 5.74) is 2.27. The average molecular weight is 523 g/mol. The summed E-state index contributed by atoms with van der Waals surface area (Å²) in [7, 11) is 0. The second-order valence-corrected chi connectivity index (χ2v) is 9.52. The van der Waals surface area contributed by atoms with Crippen molar-refractivity contribution in [1.29, 1.82) is 5.26 Å². The van der Waals surface area contributed by atoms with Crippen LogP contribution in [0.4, 0.5) is 5.00 Å². The van der Waals surface area contributed by atoms with Gasteiger partial charge >= 0.3 is 5.97 Å². The Bertz CT molecular complexity index is 1290. The zero-order valence-corrected chi connectivity index (χ0v) is 22.0. The minimum atomic E-state index is -0.616. The van der Waals surface area contributed by atoms with Crippen molar-refractivity contribution in [3.05, 3.63) is 75.1 Å². The molecule has 0 bridgehead atoms. The number of thiophene rings is 1. The standard InChI is InChI=1S/C28H27ClN2O4S/c1-4-6-15-35-23-13-7-19(8-14-23)16-21(17-30)26(32)31-27-25(28(33)34-5-2)24(18(3)36-27)20-9-11-22(29)12-10-20/h7-14,16H,4-6,15H2,1-3H3,(H,31,32)/b21-16+. The van der Waals surface area contributed by atoms with Gasteiger partial charge in [0.25, 0.3) is 5.91 Å². The van der Waals surface area contributed by atoms with Crippen molar-refractivity contribution in [3.63, 3.8) is 0 Å². The fourth-order valence-corrected chi connectivity index (χ4v) is 4.66. The van der Waals surface area contributed by atoms with Crippen molar-refractivity contribution in [2.75, 3.05) is 18.5 Å². The van der Waals surface area contributed by atoms with Crippen LogP contribution in [0.5, 0.6) is 5.75 Å². The van der Waals surface area contributed by atoms with Crippen molar-refractivity contribution in [2.24, 2.45) is 0 Å². The first kappa shape index (κ1) is 27.0. The number of benzene rings is 2. The maximum absolute atomic E-state index is 13.0. The number of hydrogen-bond donors (Lipinski definition) is 1. The SMILES string of the molecule is CCCCOc1ccc(/C=C(\C#N)C(=O)Nc2sc(C)c(-c3ccc(Cl)cc3)c2C(=O)OCC)cc1. The molecule has 0 aliphatic rings. The van der Waals surface area contributed by atoms with E-state index in [0.29, 0.717) is 27.8 Å². The molecular formula is C28H27ClN2O4S. The number of nitrogens with zero attached hydrogens (tertiary/aromatic N) is 1. The topological polar surface area (TPSA) is 88.4 Å². The lowest BCUT2D eigenvalue weighted by atomic mass is 10.0. The Labute approximate surface area is 220 Å². The molecule has 0 radical (unpaired) electrons. The van der Waals surface area contributed by atoms with E-state index in [1.807, 2.05) is 25.1 Å². The van der Waals surface area contributed by atoms with Crippen LogP contribution in [-0.2, 0) is 9.53 Å². The Morgan fingerprint density at radius 3 is 2.42 bits per heavy atom. The number of ether oxygens (including phenoxy) is 2. The molecule has 0 saturated heterocycles. The van der Waals surface area contributed by atoms with Crippen molar-refractivity contribution < 1.29 is 19.1 Å². The number of esters is 1. The largest absolute Gasteiger partial charge is 0.494 e. The molecular weight excluding hydrogens is 496 g/mol. The number of carbonyl (C=O) groups excluding carboxylic acids is 2. The molecule has 0 saturated carbocycles. The molecule has 3 aromatic rings. The van der Waals surface area contributed by atoms with Crippen LogP contribution in [0.2, 0.25) is 5.02 Å². The maximum atomic E-state index is 13.0. The van der Waals surface area contributed by atoms with Crippen molar-refractivity contribution in [3.8, 4) is 22.9 Å². The highest BCUT2D eigenvalue weighted by Gasteiger charge is 2.26. The molecule has 0 fully saturated rings. The molecule has 1 N–H and O–H groups in total. The summed E-state index contributed by atoms with van der Waals surface area (Å²) in [6.07, 6.45) is 3.51. The highest BCUT2D eigenvalue weighted by Crippen LogP contribution is 2.41. The summed E-state index contributed by atoms with van der Waals surface area (Å²) in [6, 6.07) is 16.2. The number of nitrogens with one attached hydrogen (secondary N) is 1. The van der Waals surface area contributed by atoms with E-state index >= 15 is 0 Å². The van der Waals surface area contributed by atoms with Crippen molar-refractivity contribution in [1.82, 2.24) is 0 Å². The Morgan fingerprint density at radius 2 is 1.81 bits per heavy atom. The number of hydrogen-bond acceptors (Lipinski definition) is 6. The number of unbranched alkanes of at least 4 members (excludes halogenated alkanes) is 1. The van der Waals surface area contributed by atoms with Gasteiger partial charge in [0.2, 0.25) is 0 Å². The van der Waals surface area contributed by atoms with Gasteiger partial charge in [-0.05, 0) is 61.7 Å². The maximum Gasteiger partial charge on any atom is 0.341 e. The molecule has 1 heterocycles. The number of halogens is 1. The van der Waals surface area contributed by atoms with Crippen LogP contribution in [0.3, 0.4) is 0 Å². The Morgan fingerprint density at radius 1 is 1.11 bits per heavy atom. The number of nitriles is 1. The second-order valence-electron chi connectivity index (χ2n) is 7.86. The molecule has 0 aliphatic carbocycles. The smallest absolute Gasteiger partial charge is 0.341 e. The number of aryl methyl sites for hydroxylation is 1. The molecule has 6 nitrogen and oxygen atoms in total. The molecule has 1 aromatic heterocycles. The third-order valence-electron chi connectivity index (χ3n) is 5.25. The van der Waals surface area contributed by atoms with Gasteiger partial charge in [0.05, 0.1) is 13.2 Å². The molecule has 8 heteroatoms. The zero-order valence-electron chi connectivity index (χ0n) is 20.4. The van der Waals surface area contributed by atoms with E-state index in [9.17, 15) is 14.9 Å². The second kappa shape index (κ2) is 12.9. The summed E-state index contributed by atoms with van der Waals surface area (Å²) in [6.45, 7) is 6.49. The van der Waals surface area contributed by atoms with E-state index in [1.165, 1.54) is 17.4 Å². The molecule has 186 valence electrons. The molecule has 3 rings (SSSR count). The normalized spacial score (nSPS) is 11.0. The van der Waals surface area contributed by atoms with E-state index in [-0.39, 0.29) is 17.7 Å². The minimum absolute atomic E-state index is 0.0939. The third kappa shape index (κ3) is 6.75. The molecule has 36 heavy (non-hydrogen) atoms. The van der Waals surface area contributed by atoms with E-state index in [0.717, 1.165) is 29.0 Å². The van der Waals surface area contributed by atoms with Crippen LogP contribution in [0.1, 0.15) is 47.5 Å². The van der Waals surface area contributed by atoms with E-state index in [1.54, 1.807) is 43.3 Å². The molecule has 0 spiro atoms. The fraction of sp³-hybridized carbons (Fsp3) is 0.250. The highest BCUT2D eigenvalue weighted by molar-refractivity contribution is 7.17. The summed E-state index contributed by atoms with van der Waals surface area (Å²) >= 11 is 7.28. The third-order valence-corrected chi connectivity index (χ3v) is 6.52. The van der Waals surface area contributed by atoms with Crippen LogP contribution in [-0.4, -0.2) is 25.1 Å². The van der Waals surface area contributed by atoms with Gasteiger partial charge in [0, 0.05) is 15.5 Å². The lowest BCUT2D eigenvalue weighted by molar-refractivity contribution is -0.112. The van der Waals surface area contributed by atoms with Gasteiger partial charge in [-0.1, -0.05) is 49.2 Å². The minimum Gasteiger partial charge on any atom is -0.494 e. The van der Waals surface area contributed by atoms with Gasteiger partial charge in [-0.2, -0.15) is 5.26 Å². The molecule has 0 unspecified atom stereocenters. The molecule has 2 aromatic carbocycles. The molecule has 1 amide bonds. The average Bonchev–Trinajstić information content (AvgIpc) is 3.19. The van der Waals surface area contributed by atoms with E-state index in [4.69, 9.17) is 21.1 Å². The van der Waals surface area contributed by atoms with E-state index < -0.39 is 11.9 Å². The first-order valence-corrected chi connectivity index (χ1v) is 12.8. The van der Waals surface area contributed by atoms with Gasteiger partial charge in [-0.3, -0.25) is 4.79 Å². The zero-order chi connectivity index (χ0) is 26.1. The number of anilines is 1. The summed E-state index contributed by atoms with van der Waals surface area (Å²) in [5, 5.41) is 13.3. The molecule has 0 atom stereocenters. The number of carbonyl (C=O) groups is 2. The van der Waals surface area contributed by atoms with Crippen molar-refractivity contribution >= 4 is 45.9 Å². The van der Waals surface area contributed by atoms with Gasteiger partial charge < -0.3 is 14.8 Å². The summed E-state index contributed by atoms with van der Waals surface area (Å²) < 4.78 is 10.9. The van der Waals surface area contributed by atoms with Crippen LogP contribution < -0.4 is 10.1 Å². The lowest BCUT2D eigenvalue weighted by Crippen LogP contribution is -2.16. The first-order valence-electron chi connectivity index (χ1n) is 11.6. The summed E-state index contributed by atoms with van der Waals surface area (Å²) in [4.78, 5) is 26.7. The number of amides is 1. The predicted octanol–water partition coefficient (Wildman–Crippen LogP) is 7.28.